The molecule has 0 fully saturated rings. The number of hydrogen-bond donors (Lipinski definition) is 2. The van der Waals surface area contributed by atoms with Gasteiger partial charge in [-0.15, -0.1) is 0 Å². The van der Waals surface area contributed by atoms with Crippen LogP contribution in [0.25, 0.3) is 0 Å². The molecule has 0 saturated heterocycles. The van der Waals surface area contributed by atoms with E-state index < -0.39 is 0 Å². The Morgan fingerprint density at radius 2 is 1.76 bits per heavy atom. The Balaban J connectivity index is 2.57. The first-order chi connectivity index (χ1) is 7.92. The van der Waals surface area contributed by atoms with Crippen molar-refractivity contribution in [3.63, 3.8) is 0 Å². The summed E-state index contributed by atoms with van der Waals surface area (Å²) in [5.41, 5.74) is 1.86. The average molecular weight is 234 g/mol. The van der Waals surface area contributed by atoms with Crippen molar-refractivity contribution in [2.75, 3.05) is 18.4 Å². The summed E-state index contributed by atoms with van der Waals surface area (Å²) in [4.78, 5) is 11.8. The maximum atomic E-state index is 11.8. The molecule has 0 saturated carbocycles. The fourth-order valence-corrected chi connectivity index (χ4v) is 1.39. The van der Waals surface area contributed by atoms with Crippen molar-refractivity contribution in [2.24, 2.45) is 5.41 Å². The third-order valence-electron chi connectivity index (χ3n) is 2.31. The Kier molecular flexibility index (Phi) is 4.55. The molecule has 0 aliphatic heterocycles. The van der Waals surface area contributed by atoms with Gasteiger partial charge in [-0.25, -0.2) is 0 Å². The van der Waals surface area contributed by atoms with Crippen LogP contribution in [-0.4, -0.2) is 19.0 Å². The maximum Gasteiger partial charge on any atom is 0.251 e. The third kappa shape index (κ3) is 4.89. The SMILES string of the molecule is CCNc1ccc(C(=O)NCC(C)(C)C)cc1. The van der Waals surface area contributed by atoms with E-state index in [0.717, 1.165) is 12.2 Å². The molecule has 1 rings (SSSR count). The predicted molar refractivity (Wildman–Crippen MR) is 72.4 cm³/mol. The van der Waals surface area contributed by atoms with E-state index in [0.29, 0.717) is 12.1 Å². The van der Waals surface area contributed by atoms with Crippen LogP contribution in [0.4, 0.5) is 5.69 Å². The molecular formula is C14H22N2O. The van der Waals surface area contributed by atoms with Crippen molar-refractivity contribution in [1.82, 2.24) is 5.32 Å². The van der Waals surface area contributed by atoms with Gasteiger partial charge in [0, 0.05) is 24.3 Å². The lowest BCUT2D eigenvalue weighted by Crippen LogP contribution is -2.32. The highest BCUT2D eigenvalue weighted by molar-refractivity contribution is 5.94. The van der Waals surface area contributed by atoms with Gasteiger partial charge in [0.2, 0.25) is 0 Å². The molecule has 94 valence electrons. The van der Waals surface area contributed by atoms with E-state index in [2.05, 4.69) is 31.4 Å². The molecule has 0 atom stereocenters. The summed E-state index contributed by atoms with van der Waals surface area (Å²) in [5, 5.41) is 6.13. The van der Waals surface area contributed by atoms with Crippen molar-refractivity contribution in [3.8, 4) is 0 Å². The Bertz CT molecular complexity index is 363. The van der Waals surface area contributed by atoms with E-state index in [1.165, 1.54) is 0 Å². The van der Waals surface area contributed by atoms with Crippen LogP contribution in [0, 0.1) is 5.41 Å². The zero-order valence-corrected chi connectivity index (χ0v) is 11.1. The highest BCUT2D eigenvalue weighted by atomic mass is 16.1. The summed E-state index contributed by atoms with van der Waals surface area (Å²) in [7, 11) is 0. The van der Waals surface area contributed by atoms with Crippen LogP contribution >= 0.6 is 0 Å². The van der Waals surface area contributed by atoms with Gasteiger partial charge >= 0.3 is 0 Å². The molecule has 3 heteroatoms. The van der Waals surface area contributed by atoms with E-state index in [9.17, 15) is 4.79 Å². The fourth-order valence-electron chi connectivity index (χ4n) is 1.39. The van der Waals surface area contributed by atoms with E-state index in [4.69, 9.17) is 0 Å². The minimum absolute atomic E-state index is 0.0111. The molecule has 3 nitrogen and oxygen atoms in total. The van der Waals surface area contributed by atoms with Gasteiger partial charge in [-0.1, -0.05) is 20.8 Å². The molecule has 1 aromatic carbocycles. The van der Waals surface area contributed by atoms with Gasteiger partial charge in [0.15, 0.2) is 0 Å². The number of carbonyl (C=O) groups is 1. The second kappa shape index (κ2) is 5.71. The molecule has 0 spiro atoms. The molecule has 0 aromatic heterocycles. The van der Waals surface area contributed by atoms with Gasteiger partial charge < -0.3 is 10.6 Å². The minimum Gasteiger partial charge on any atom is -0.385 e. The van der Waals surface area contributed by atoms with Gasteiger partial charge in [-0.3, -0.25) is 4.79 Å². The lowest BCUT2D eigenvalue weighted by molar-refractivity contribution is 0.0939. The third-order valence-corrected chi connectivity index (χ3v) is 2.31. The number of amides is 1. The van der Waals surface area contributed by atoms with Gasteiger partial charge in [0.1, 0.15) is 0 Å². The smallest absolute Gasteiger partial charge is 0.251 e. The second-order valence-corrected chi connectivity index (χ2v) is 5.35. The Labute approximate surface area is 104 Å². The largest absolute Gasteiger partial charge is 0.385 e. The van der Waals surface area contributed by atoms with Crippen LogP contribution in [-0.2, 0) is 0 Å². The number of benzene rings is 1. The summed E-state index contributed by atoms with van der Waals surface area (Å²) in [5.74, 6) is -0.0111. The first-order valence-corrected chi connectivity index (χ1v) is 6.04. The van der Waals surface area contributed by atoms with Crippen molar-refractivity contribution < 1.29 is 4.79 Å². The average Bonchev–Trinajstić information content (AvgIpc) is 2.26. The highest BCUT2D eigenvalue weighted by Crippen LogP contribution is 2.12. The second-order valence-electron chi connectivity index (χ2n) is 5.35. The summed E-state index contributed by atoms with van der Waals surface area (Å²) in [6.07, 6.45) is 0. The predicted octanol–water partition coefficient (Wildman–Crippen LogP) is 2.89. The van der Waals surface area contributed by atoms with Gasteiger partial charge in [0.25, 0.3) is 5.91 Å². The number of carbonyl (C=O) groups excluding carboxylic acids is 1. The molecule has 0 aliphatic carbocycles. The Morgan fingerprint density at radius 1 is 1.18 bits per heavy atom. The number of anilines is 1. The van der Waals surface area contributed by atoms with E-state index >= 15 is 0 Å². The van der Waals surface area contributed by atoms with Crippen molar-refractivity contribution in [2.45, 2.75) is 27.7 Å². The van der Waals surface area contributed by atoms with Gasteiger partial charge in [-0.2, -0.15) is 0 Å². The normalized spacial score (nSPS) is 11.1. The monoisotopic (exact) mass is 234 g/mol. The van der Waals surface area contributed by atoms with E-state index in [1.54, 1.807) is 0 Å². The molecule has 0 bridgehead atoms. The number of nitrogens with one attached hydrogen (secondary N) is 2. The Morgan fingerprint density at radius 3 is 2.24 bits per heavy atom. The number of rotatable bonds is 4. The van der Waals surface area contributed by atoms with Crippen LogP contribution in [0.5, 0.6) is 0 Å². The highest BCUT2D eigenvalue weighted by Gasteiger charge is 2.12. The van der Waals surface area contributed by atoms with Crippen molar-refractivity contribution in [3.05, 3.63) is 29.8 Å². The first kappa shape index (κ1) is 13.6. The van der Waals surface area contributed by atoms with E-state index in [1.807, 2.05) is 31.2 Å². The molecule has 17 heavy (non-hydrogen) atoms. The summed E-state index contributed by atoms with van der Waals surface area (Å²) >= 11 is 0. The van der Waals surface area contributed by atoms with Crippen LogP contribution < -0.4 is 10.6 Å². The molecule has 2 N–H and O–H groups in total. The lowest BCUT2D eigenvalue weighted by atomic mass is 9.97. The molecule has 0 heterocycles. The van der Waals surface area contributed by atoms with Crippen molar-refractivity contribution in [1.29, 1.82) is 0 Å². The fraction of sp³-hybridized carbons (Fsp3) is 0.500. The minimum atomic E-state index is -0.0111. The molecule has 0 radical (unpaired) electrons. The Hall–Kier alpha value is -1.51. The van der Waals surface area contributed by atoms with Crippen LogP contribution in [0.2, 0.25) is 0 Å². The molecule has 0 aliphatic rings. The molecule has 1 amide bonds. The zero-order valence-electron chi connectivity index (χ0n) is 11.1. The maximum absolute atomic E-state index is 11.8. The van der Waals surface area contributed by atoms with Crippen molar-refractivity contribution >= 4 is 11.6 Å². The standard InChI is InChI=1S/C14H22N2O/c1-5-15-12-8-6-11(7-9-12)13(17)16-10-14(2,3)4/h6-9,15H,5,10H2,1-4H3,(H,16,17). The summed E-state index contributed by atoms with van der Waals surface area (Å²) in [6, 6.07) is 7.54. The zero-order chi connectivity index (χ0) is 12.9. The lowest BCUT2D eigenvalue weighted by Gasteiger charge is -2.18. The van der Waals surface area contributed by atoms with Crippen LogP contribution in [0.1, 0.15) is 38.1 Å². The van der Waals surface area contributed by atoms with Gasteiger partial charge in [0.05, 0.1) is 0 Å². The van der Waals surface area contributed by atoms with Crippen LogP contribution in [0.15, 0.2) is 24.3 Å². The summed E-state index contributed by atoms with van der Waals surface area (Å²) < 4.78 is 0. The summed E-state index contributed by atoms with van der Waals surface area (Å²) in [6.45, 7) is 9.91. The molecular weight excluding hydrogens is 212 g/mol. The number of hydrogen-bond acceptors (Lipinski definition) is 2. The quantitative estimate of drug-likeness (QED) is 0.841. The van der Waals surface area contributed by atoms with Crippen LogP contribution in [0.3, 0.4) is 0 Å². The molecule has 0 unspecified atom stereocenters. The molecule has 1 aromatic rings. The first-order valence-electron chi connectivity index (χ1n) is 6.04. The topological polar surface area (TPSA) is 41.1 Å². The van der Waals surface area contributed by atoms with Gasteiger partial charge in [-0.05, 0) is 36.6 Å². The van der Waals surface area contributed by atoms with E-state index in [-0.39, 0.29) is 11.3 Å².